The average molecular weight is 374 g/mol. The molecule has 1 aromatic heterocycles. The fourth-order valence-corrected chi connectivity index (χ4v) is 2.64. The first-order chi connectivity index (χ1) is 12.8. The Balaban J connectivity index is 1.83. The maximum atomic E-state index is 13.1. The number of aromatic nitrogens is 1. The Bertz CT molecular complexity index is 969. The predicted molar refractivity (Wildman–Crippen MR) is 100 cm³/mol. The Labute approximate surface area is 153 Å². The number of rotatable bonds is 3. The molecule has 2 aromatic carbocycles. The molecule has 1 heterocycles. The van der Waals surface area contributed by atoms with E-state index in [1.54, 1.807) is 12.1 Å². The molecule has 0 saturated heterocycles. The molecule has 0 bridgehead atoms. The summed E-state index contributed by atoms with van der Waals surface area (Å²) in [5, 5.41) is 5.45. The fourth-order valence-electron chi connectivity index (χ4n) is 2.64. The highest BCUT2D eigenvalue weighted by molar-refractivity contribution is 6.05. The molecule has 0 spiro atoms. The van der Waals surface area contributed by atoms with E-state index in [1.807, 2.05) is 31.1 Å². The number of para-hydroxylation sites is 1. The first kappa shape index (κ1) is 18.5. The third-order valence-electron chi connectivity index (χ3n) is 3.97. The van der Waals surface area contributed by atoms with Gasteiger partial charge in [0.25, 0.3) is 0 Å². The number of halogens is 3. The monoisotopic (exact) mass is 374 g/mol. The summed E-state index contributed by atoms with van der Waals surface area (Å²) in [5.74, 6) is 0. The van der Waals surface area contributed by atoms with E-state index >= 15 is 0 Å². The minimum atomic E-state index is -4.53. The Hall–Kier alpha value is -3.29. The second kappa shape index (κ2) is 7.14. The summed E-state index contributed by atoms with van der Waals surface area (Å²) in [6, 6.07) is 11.8. The Morgan fingerprint density at radius 2 is 1.70 bits per heavy atom. The maximum Gasteiger partial charge on any atom is 0.418 e. The van der Waals surface area contributed by atoms with E-state index in [0.29, 0.717) is 5.69 Å². The molecule has 3 aromatic rings. The predicted octanol–water partition coefficient (Wildman–Crippen LogP) is 4.96. The van der Waals surface area contributed by atoms with Crippen molar-refractivity contribution in [1.82, 2.24) is 4.98 Å². The van der Waals surface area contributed by atoms with Gasteiger partial charge in [0.1, 0.15) is 0 Å². The van der Waals surface area contributed by atoms with Gasteiger partial charge < -0.3 is 15.5 Å². The number of amides is 2. The van der Waals surface area contributed by atoms with E-state index in [2.05, 4.69) is 15.6 Å². The van der Waals surface area contributed by atoms with E-state index in [4.69, 9.17) is 0 Å². The van der Waals surface area contributed by atoms with Crippen LogP contribution < -0.4 is 15.5 Å². The lowest BCUT2D eigenvalue weighted by Crippen LogP contribution is -2.20. The standard InChI is InChI=1S/C19H17F3N4O/c1-26(2)13-8-6-12(7-9-13)24-18(27)25-16-10-11-23-17-14(16)4-3-5-15(17)19(20,21)22/h3-11H,1-2H3,(H2,23,24,25,27). The van der Waals surface area contributed by atoms with Crippen LogP contribution >= 0.6 is 0 Å². The maximum absolute atomic E-state index is 13.1. The van der Waals surface area contributed by atoms with Crippen molar-refractivity contribution < 1.29 is 18.0 Å². The normalized spacial score (nSPS) is 11.3. The zero-order valence-corrected chi connectivity index (χ0v) is 14.6. The number of fused-ring (bicyclic) bond motifs is 1. The van der Waals surface area contributed by atoms with Crippen LogP contribution in [-0.2, 0) is 6.18 Å². The largest absolute Gasteiger partial charge is 0.418 e. The molecular weight excluding hydrogens is 357 g/mol. The van der Waals surface area contributed by atoms with Gasteiger partial charge >= 0.3 is 12.2 Å². The number of hydrogen-bond donors (Lipinski definition) is 2. The van der Waals surface area contributed by atoms with Gasteiger partial charge in [-0.2, -0.15) is 13.2 Å². The molecule has 8 heteroatoms. The van der Waals surface area contributed by atoms with Crippen LogP contribution in [0.3, 0.4) is 0 Å². The van der Waals surface area contributed by atoms with Crippen LogP contribution in [0, 0.1) is 0 Å². The fraction of sp³-hybridized carbons (Fsp3) is 0.158. The van der Waals surface area contributed by atoms with Gasteiger partial charge in [0.2, 0.25) is 0 Å². The Morgan fingerprint density at radius 1 is 1.00 bits per heavy atom. The number of nitrogens with zero attached hydrogens (tertiary/aromatic N) is 2. The van der Waals surface area contributed by atoms with Crippen LogP contribution in [0.4, 0.5) is 35.0 Å². The molecule has 27 heavy (non-hydrogen) atoms. The van der Waals surface area contributed by atoms with Crippen molar-refractivity contribution in [1.29, 1.82) is 0 Å². The summed E-state index contributed by atoms with van der Waals surface area (Å²) in [6.45, 7) is 0. The summed E-state index contributed by atoms with van der Waals surface area (Å²) in [7, 11) is 3.80. The lowest BCUT2D eigenvalue weighted by molar-refractivity contribution is -0.136. The lowest BCUT2D eigenvalue weighted by atomic mass is 10.1. The van der Waals surface area contributed by atoms with Gasteiger partial charge in [-0.1, -0.05) is 12.1 Å². The van der Waals surface area contributed by atoms with Crippen LogP contribution in [0.1, 0.15) is 5.56 Å². The van der Waals surface area contributed by atoms with Gasteiger partial charge in [-0.05, 0) is 36.4 Å². The van der Waals surface area contributed by atoms with Crippen LogP contribution in [0.15, 0.2) is 54.7 Å². The number of alkyl halides is 3. The molecule has 0 aliphatic rings. The highest BCUT2D eigenvalue weighted by atomic mass is 19.4. The zero-order chi connectivity index (χ0) is 19.6. The number of urea groups is 1. The molecule has 0 radical (unpaired) electrons. The number of nitrogens with one attached hydrogen (secondary N) is 2. The minimum Gasteiger partial charge on any atom is -0.378 e. The summed E-state index contributed by atoms with van der Waals surface area (Å²) in [6.07, 6.45) is -3.29. The molecular formula is C19H17F3N4O. The van der Waals surface area contributed by atoms with Gasteiger partial charge in [-0.25, -0.2) is 4.79 Å². The van der Waals surface area contributed by atoms with Crippen LogP contribution in [0.2, 0.25) is 0 Å². The van der Waals surface area contributed by atoms with Crippen LogP contribution in [0.5, 0.6) is 0 Å². The number of carbonyl (C=O) groups excluding carboxylic acids is 1. The minimum absolute atomic E-state index is 0.210. The van der Waals surface area contributed by atoms with Crippen LogP contribution in [-0.4, -0.2) is 25.1 Å². The number of carbonyl (C=O) groups is 1. The number of hydrogen-bond acceptors (Lipinski definition) is 3. The first-order valence-electron chi connectivity index (χ1n) is 8.06. The van der Waals surface area contributed by atoms with Crippen molar-refractivity contribution in [3.8, 4) is 0 Å². The van der Waals surface area contributed by atoms with E-state index in [0.717, 1.165) is 11.8 Å². The molecule has 0 aliphatic heterocycles. The zero-order valence-electron chi connectivity index (χ0n) is 14.6. The Morgan fingerprint density at radius 3 is 2.33 bits per heavy atom. The van der Waals surface area contributed by atoms with Crippen molar-refractivity contribution in [3.05, 3.63) is 60.3 Å². The van der Waals surface area contributed by atoms with Crippen molar-refractivity contribution in [2.24, 2.45) is 0 Å². The summed E-state index contributed by atoms with van der Waals surface area (Å²) < 4.78 is 39.4. The van der Waals surface area contributed by atoms with Gasteiger partial charge in [-0.15, -0.1) is 0 Å². The smallest absolute Gasteiger partial charge is 0.378 e. The Kier molecular flexibility index (Phi) is 4.89. The SMILES string of the molecule is CN(C)c1ccc(NC(=O)Nc2ccnc3c(C(F)(F)F)cccc23)cc1. The third kappa shape index (κ3) is 4.11. The number of anilines is 3. The second-order valence-electron chi connectivity index (χ2n) is 6.08. The van der Waals surface area contributed by atoms with E-state index in [9.17, 15) is 18.0 Å². The summed E-state index contributed by atoms with van der Waals surface area (Å²) in [5.41, 5.74) is 0.725. The van der Waals surface area contributed by atoms with Crippen molar-refractivity contribution in [3.63, 3.8) is 0 Å². The molecule has 0 atom stereocenters. The van der Waals surface area contributed by atoms with Gasteiger partial charge in [0.15, 0.2) is 0 Å². The molecule has 0 aliphatic carbocycles. The molecule has 0 saturated carbocycles. The molecule has 0 unspecified atom stereocenters. The number of pyridine rings is 1. The van der Waals surface area contributed by atoms with Gasteiger partial charge in [-0.3, -0.25) is 4.98 Å². The van der Waals surface area contributed by atoms with E-state index in [-0.39, 0.29) is 16.6 Å². The molecule has 140 valence electrons. The third-order valence-corrected chi connectivity index (χ3v) is 3.97. The molecule has 0 fully saturated rings. The quantitative estimate of drug-likeness (QED) is 0.681. The lowest BCUT2D eigenvalue weighted by Gasteiger charge is -2.14. The van der Waals surface area contributed by atoms with Crippen molar-refractivity contribution in [2.45, 2.75) is 6.18 Å². The number of benzene rings is 2. The summed E-state index contributed by atoms with van der Waals surface area (Å²) >= 11 is 0. The van der Waals surface area contributed by atoms with Crippen molar-refractivity contribution in [2.75, 3.05) is 29.6 Å². The molecule has 2 amide bonds. The van der Waals surface area contributed by atoms with Crippen LogP contribution in [0.25, 0.3) is 10.9 Å². The van der Waals surface area contributed by atoms with Gasteiger partial charge in [0, 0.05) is 37.1 Å². The first-order valence-corrected chi connectivity index (χ1v) is 8.06. The van der Waals surface area contributed by atoms with Crippen molar-refractivity contribution >= 4 is 34.0 Å². The van der Waals surface area contributed by atoms with E-state index in [1.165, 1.54) is 24.4 Å². The highest BCUT2D eigenvalue weighted by Crippen LogP contribution is 2.35. The molecule has 3 rings (SSSR count). The van der Waals surface area contributed by atoms with E-state index < -0.39 is 17.8 Å². The molecule has 5 nitrogen and oxygen atoms in total. The molecule has 2 N–H and O–H groups in total. The van der Waals surface area contributed by atoms with Gasteiger partial charge in [0.05, 0.1) is 16.8 Å². The average Bonchev–Trinajstić information content (AvgIpc) is 2.61. The summed E-state index contributed by atoms with van der Waals surface area (Å²) in [4.78, 5) is 18.0. The highest BCUT2D eigenvalue weighted by Gasteiger charge is 2.33. The second-order valence-corrected chi connectivity index (χ2v) is 6.08. The topological polar surface area (TPSA) is 57.3 Å².